The van der Waals surface area contributed by atoms with Crippen LogP contribution >= 0.6 is 0 Å². The van der Waals surface area contributed by atoms with E-state index in [9.17, 15) is 4.79 Å². The van der Waals surface area contributed by atoms with Crippen LogP contribution in [0.5, 0.6) is 0 Å². The molecule has 0 atom stereocenters. The fourth-order valence-electron chi connectivity index (χ4n) is 2.43. The number of rotatable bonds is 5. The number of aromatic carboxylic acids is 1. The van der Waals surface area contributed by atoms with Crippen LogP contribution in [0.15, 0.2) is 18.3 Å². The van der Waals surface area contributed by atoms with Gasteiger partial charge < -0.3 is 15.3 Å². The molecule has 19 heavy (non-hydrogen) atoms. The number of nitrogens with one attached hydrogen (secondary N) is 1. The molecule has 2 heterocycles. The molecule has 0 aliphatic carbocycles. The lowest BCUT2D eigenvalue weighted by molar-refractivity contribution is 0.0695. The van der Waals surface area contributed by atoms with Crippen molar-refractivity contribution < 1.29 is 9.90 Å². The van der Waals surface area contributed by atoms with Crippen LogP contribution in [-0.4, -0.2) is 47.6 Å². The van der Waals surface area contributed by atoms with Gasteiger partial charge in [0, 0.05) is 12.7 Å². The van der Waals surface area contributed by atoms with Crippen LogP contribution < -0.4 is 5.32 Å². The summed E-state index contributed by atoms with van der Waals surface area (Å²) in [6.07, 6.45) is 4.05. The summed E-state index contributed by atoms with van der Waals surface area (Å²) >= 11 is 0. The van der Waals surface area contributed by atoms with Gasteiger partial charge in [0.1, 0.15) is 0 Å². The minimum absolute atomic E-state index is 0.290. The largest absolute Gasteiger partial charge is 0.478 e. The number of carboxylic acid groups (broad SMARTS) is 1. The highest BCUT2D eigenvalue weighted by molar-refractivity contribution is 5.88. The van der Waals surface area contributed by atoms with Gasteiger partial charge in [0.15, 0.2) is 0 Å². The van der Waals surface area contributed by atoms with E-state index in [1.54, 1.807) is 18.3 Å². The molecule has 1 aliphatic heterocycles. The van der Waals surface area contributed by atoms with E-state index in [0.717, 1.165) is 19.6 Å². The zero-order valence-electron chi connectivity index (χ0n) is 11.3. The molecule has 0 radical (unpaired) electrons. The highest BCUT2D eigenvalue weighted by atomic mass is 16.4. The van der Waals surface area contributed by atoms with Gasteiger partial charge in [-0.15, -0.1) is 0 Å². The van der Waals surface area contributed by atoms with Crippen molar-refractivity contribution >= 4 is 5.97 Å². The molecule has 0 spiro atoms. The SMILES string of the molecule is CN1CCC(CNCc2ncccc2C(=O)O)CC1. The Labute approximate surface area is 113 Å². The molecule has 1 aliphatic rings. The molecule has 2 N–H and O–H groups in total. The second-order valence-electron chi connectivity index (χ2n) is 5.18. The fraction of sp³-hybridized carbons (Fsp3) is 0.571. The lowest BCUT2D eigenvalue weighted by atomic mass is 9.97. The van der Waals surface area contributed by atoms with Crippen molar-refractivity contribution in [2.24, 2.45) is 5.92 Å². The number of carbonyl (C=O) groups is 1. The van der Waals surface area contributed by atoms with E-state index in [-0.39, 0.29) is 0 Å². The molecule has 5 heteroatoms. The van der Waals surface area contributed by atoms with Crippen LogP contribution in [-0.2, 0) is 6.54 Å². The van der Waals surface area contributed by atoms with Gasteiger partial charge in [0.25, 0.3) is 0 Å². The molecule has 0 aromatic carbocycles. The average Bonchev–Trinajstić information content (AvgIpc) is 2.41. The van der Waals surface area contributed by atoms with Crippen molar-refractivity contribution in [1.29, 1.82) is 0 Å². The number of carboxylic acids is 1. The molecule has 0 unspecified atom stereocenters. The number of likely N-dealkylation sites (tertiary alicyclic amines) is 1. The fourth-order valence-corrected chi connectivity index (χ4v) is 2.43. The van der Waals surface area contributed by atoms with E-state index in [0.29, 0.717) is 23.7 Å². The van der Waals surface area contributed by atoms with Crippen LogP contribution in [0.25, 0.3) is 0 Å². The molecular weight excluding hydrogens is 242 g/mol. The van der Waals surface area contributed by atoms with Crippen molar-refractivity contribution in [3.8, 4) is 0 Å². The molecule has 2 rings (SSSR count). The summed E-state index contributed by atoms with van der Waals surface area (Å²) < 4.78 is 0. The first-order valence-corrected chi connectivity index (χ1v) is 6.73. The Bertz CT molecular complexity index is 428. The molecule has 1 saturated heterocycles. The summed E-state index contributed by atoms with van der Waals surface area (Å²) in [5.41, 5.74) is 0.904. The zero-order valence-corrected chi connectivity index (χ0v) is 11.3. The summed E-state index contributed by atoms with van der Waals surface area (Å²) in [5.74, 6) is -0.225. The number of hydrogen-bond acceptors (Lipinski definition) is 4. The Morgan fingerprint density at radius 1 is 1.53 bits per heavy atom. The van der Waals surface area contributed by atoms with Gasteiger partial charge in [-0.2, -0.15) is 0 Å². The van der Waals surface area contributed by atoms with Crippen molar-refractivity contribution in [2.45, 2.75) is 19.4 Å². The topological polar surface area (TPSA) is 65.5 Å². The van der Waals surface area contributed by atoms with Crippen molar-refractivity contribution in [3.05, 3.63) is 29.6 Å². The number of nitrogens with zero attached hydrogens (tertiary/aromatic N) is 2. The van der Waals surface area contributed by atoms with Crippen LogP contribution in [0.1, 0.15) is 28.9 Å². The molecule has 1 fully saturated rings. The molecule has 0 amide bonds. The minimum Gasteiger partial charge on any atom is -0.478 e. The van der Waals surface area contributed by atoms with E-state index in [2.05, 4.69) is 22.2 Å². The van der Waals surface area contributed by atoms with E-state index >= 15 is 0 Å². The summed E-state index contributed by atoms with van der Waals surface area (Å²) in [4.78, 5) is 17.5. The van der Waals surface area contributed by atoms with Gasteiger partial charge in [0.05, 0.1) is 11.3 Å². The van der Waals surface area contributed by atoms with E-state index in [4.69, 9.17) is 5.11 Å². The quantitative estimate of drug-likeness (QED) is 0.836. The maximum Gasteiger partial charge on any atom is 0.337 e. The molecule has 0 bridgehead atoms. The zero-order chi connectivity index (χ0) is 13.7. The molecule has 1 aromatic heterocycles. The minimum atomic E-state index is -0.913. The Hall–Kier alpha value is -1.46. The first kappa shape index (κ1) is 14.0. The lowest BCUT2D eigenvalue weighted by Crippen LogP contribution is -2.35. The summed E-state index contributed by atoms with van der Waals surface area (Å²) in [7, 11) is 2.15. The number of piperidine rings is 1. The first-order chi connectivity index (χ1) is 9.16. The second kappa shape index (κ2) is 6.63. The van der Waals surface area contributed by atoms with Gasteiger partial charge in [-0.25, -0.2) is 4.79 Å². The van der Waals surface area contributed by atoms with Crippen LogP contribution in [0.2, 0.25) is 0 Å². The predicted octanol–water partition coefficient (Wildman–Crippen LogP) is 1.21. The Kier molecular flexibility index (Phi) is 4.87. The lowest BCUT2D eigenvalue weighted by Gasteiger charge is -2.29. The molecule has 104 valence electrons. The molecule has 1 aromatic rings. The summed E-state index contributed by atoms with van der Waals surface area (Å²) in [6.45, 7) is 3.75. The van der Waals surface area contributed by atoms with Crippen molar-refractivity contribution in [3.63, 3.8) is 0 Å². The van der Waals surface area contributed by atoms with Gasteiger partial charge >= 0.3 is 5.97 Å². The standard InChI is InChI=1S/C14H21N3O2/c1-17-7-4-11(5-8-17)9-15-10-13-12(14(18)19)3-2-6-16-13/h2-3,6,11,15H,4-5,7-10H2,1H3,(H,18,19). The van der Waals surface area contributed by atoms with Crippen LogP contribution in [0.3, 0.4) is 0 Å². The van der Waals surface area contributed by atoms with E-state index in [1.165, 1.54) is 12.8 Å². The monoisotopic (exact) mass is 263 g/mol. The van der Waals surface area contributed by atoms with Gasteiger partial charge in [-0.1, -0.05) is 0 Å². The molecular formula is C14H21N3O2. The third-order valence-electron chi connectivity index (χ3n) is 3.68. The predicted molar refractivity (Wildman–Crippen MR) is 73.1 cm³/mol. The maximum atomic E-state index is 11.0. The highest BCUT2D eigenvalue weighted by Crippen LogP contribution is 2.15. The highest BCUT2D eigenvalue weighted by Gasteiger charge is 2.16. The Morgan fingerprint density at radius 2 is 2.26 bits per heavy atom. The van der Waals surface area contributed by atoms with Gasteiger partial charge in [0.2, 0.25) is 0 Å². The van der Waals surface area contributed by atoms with Gasteiger partial charge in [-0.05, 0) is 57.6 Å². The summed E-state index contributed by atoms with van der Waals surface area (Å²) in [6, 6.07) is 3.26. The molecule has 5 nitrogen and oxygen atoms in total. The smallest absolute Gasteiger partial charge is 0.337 e. The number of aromatic nitrogens is 1. The van der Waals surface area contributed by atoms with E-state index < -0.39 is 5.97 Å². The third kappa shape index (κ3) is 4.01. The second-order valence-corrected chi connectivity index (χ2v) is 5.18. The van der Waals surface area contributed by atoms with Crippen LogP contribution in [0.4, 0.5) is 0 Å². The van der Waals surface area contributed by atoms with Gasteiger partial charge in [-0.3, -0.25) is 4.98 Å². The normalized spacial score (nSPS) is 17.5. The molecule has 0 saturated carbocycles. The number of hydrogen-bond donors (Lipinski definition) is 2. The maximum absolute atomic E-state index is 11.0. The Balaban J connectivity index is 1.81. The van der Waals surface area contributed by atoms with Crippen LogP contribution in [0, 0.1) is 5.92 Å². The van der Waals surface area contributed by atoms with E-state index in [1.807, 2.05) is 0 Å². The van der Waals surface area contributed by atoms with Crippen molar-refractivity contribution in [1.82, 2.24) is 15.2 Å². The average molecular weight is 263 g/mol. The summed E-state index contributed by atoms with van der Waals surface area (Å²) in [5, 5.41) is 12.4. The van der Waals surface area contributed by atoms with Crippen molar-refractivity contribution in [2.75, 3.05) is 26.7 Å². The Morgan fingerprint density at radius 3 is 2.95 bits per heavy atom. The third-order valence-corrected chi connectivity index (χ3v) is 3.68. The first-order valence-electron chi connectivity index (χ1n) is 6.73. The number of pyridine rings is 1.